The molecule has 1 aliphatic carbocycles. The third kappa shape index (κ3) is 2.90. The van der Waals surface area contributed by atoms with E-state index in [1.807, 2.05) is 0 Å². The second kappa shape index (κ2) is 6.29. The second-order valence-corrected chi connectivity index (χ2v) is 6.88. The van der Waals surface area contributed by atoms with Crippen LogP contribution in [-0.2, 0) is 21.4 Å². The van der Waals surface area contributed by atoms with Crippen molar-refractivity contribution < 1.29 is 27.2 Å². The molecule has 2 heterocycles. The van der Waals surface area contributed by atoms with Gasteiger partial charge in [0.2, 0.25) is 5.91 Å². The first kappa shape index (κ1) is 18.4. The number of pyridine rings is 1. The van der Waals surface area contributed by atoms with Crippen LogP contribution in [0.15, 0.2) is 36.5 Å². The fourth-order valence-corrected chi connectivity index (χ4v) is 3.59. The molecule has 0 bridgehead atoms. The van der Waals surface area contributed by atoms with Gasteiger partial charge in [0.1, 0.15) is 5.82 Å². The van der Waals surface area contributed by atoms with Crippen LogP contribution >= 0.6 is 0 Å². The van der Waals surface area contributed by atoms with Crippen molar-refractivity contribution in [1.82, 2.24) is 4.98 Å². The summed E-state index contributed by atoms with van der Waals surface area (Å²) in [5, 5.41) is 2.70. The predicted molar refractivity (Wildman–Crippen MR) is 92.3 cm³/mol. The van der Waals surface area contributed by atoms with Crippen molar-refractivity contribution in [3.05, 3.63) is 53.6 Å². The summed E-state index contributed by atoms with van der Waals surface area (Å²) in [6.45, 7) is -0.124. The van der Waals surface area contributed by atoms with Gasteiger partial charge in [-0.15, -0.1) is 0 Å². The van der Waals surface area contributed by atoms with Crippen molar-refractivity contribution in [3.63, 3.8) is 0 Å². The molecule has 1 aromatic heterocycles. The lowest BCUT2D eigenvalue weighted by atomic mass is 9.99. The molecule has 0 unspecified atom stereocenters. The first-order chi connectivity index (χ1) is 13.2. The van der Waals surface area contributed by atoms with Crippen LogP contribution in [0.5, 0.6) is 0 Å². The molecule has 1 N–H and O–H groups in total. The van der Waals surface area contributed by atoms with Gasteiger partial charge in [-0.25, -0.2) is 4.39 Å². The minimum Gasteiger partial charge on any atom is -0.325 e. The molecule has 1 fully saturated rings. The summed E-state index contributed by atoms with van der Waals surface area (Å²) in [7, 11) is 0. The molecule has 0 radical (unpaired) electrons. The monoisotopic (exact) mass is 393 g/mol. The summed E-state index contributed by atoms with van der Waals surface area (Å²) in [6.07, 6.45) is -2.53. The minimum absolute atomic E-state index is 0.0638. The third-order valence-electron chi connectivity index (χ3n) is 5.16. The number of rotatable bonds is 3. The number of hydrogen-bond acceptors (Lipinski definition) is 3. The molecule has 2 aliphatic rings. The zero-order valence-electron chi connectivity index (χ0n) is 14.5. The number of benzene rings is 1. The van der Waals surface area contributed by atoms with Crippen LogP contribution in [0, 0.1) is 5.82 Å². The van der Waals surface area contributed by atoms with Crippen LogP contribution in [0.25, 0.3) is 0 Å². The smallest absolute Gasteiger partial charge is 0.325 e. The Morgan fingerprint density at radius 2 is 1.89 bits per heavy atom. The lowest BCUT2D eigenvalue weighted by molar-refractivity contribution is -0.170. The Morgan fingerprint density at radius 1 is 1.14 bits per heavy atom. The van der Waals surface area contributed by atoms with E-state index in [0.717, 1.165) is 0 Å². The number of hydrogen-bond donors (Lipinski definition) is 1. The fourth-order valence-electron chi connectivity index (χ4n) is 3.59. The maximum Gasteiger partial charge on any atom is 0.471 e. The van der Waals surface area contributed by atoms with E-state index in [-0.39, 0.29) is 24.3 Å². The molecule has 0 saturated heterocycles. The first-order valence-electron chi connectivity index (χ1n) is 8.67. The lowest BCUT2D eigenvalue weighted by Crippen LogP contribution is -2.40. The average Bonchev–Trinajstić information content (AvgIpc) is 3.34. The summed E-state index contributed by atoms with van der Waals surface area (Å²) in [5.41, 5.74) is -0.120. The molecule has 28 heavy (non-hydrogen) atoms. The highest BCUT2D eigenvalue weighted by atomic mass is 19.4. The van der Waals surface area contributed by atoms with Crippen molar-refractivity contribution in [2.24, 2.45) is 0 Å². The molecule has 0 atom stereocenters. The summed E-state index contributed by atoms with van der Waals surface area (Å²) in [4.78, 5) is 29.1. The molecule has 9 heteroatoms. The van der Waals surface area contributed by atoms with Crippen molar-refractivity contribution >= 4 is 23.2 Å². The van der Waals surface area contributed by atoms with Gasteiger partial charge in [-0.1, -0.05) is 6.07 Å². The van der Waals surface area contributed by atoms with Crippen LogP contribution in [-0.4, -0.2) is 29.5 Å². The number of halogens is 4. The van der Waals surface area contributed by atoms with E-state index < -0.39 is 29.2 Å². The quantitative estimate of drug-likeness (QED) is 0.814. The SMILES string of the molecule is O=C(N1CCc2c(NC(=O)C3(c4ncccc4F)CC3)cccc21)C(F)(F)F. The van der Waals surface area contributed by atoms with E-state index in [9.17, 15) is 27.2 Å². The number of aromatic nitrogens is 1. The zero-order valence-corrected chi connectivity index (χ0v) is 14.5. The Kier molecular flexibility index (Phi) is 4.13. The van der Waals surface area contributed by atoms with Crippen LogP contribution in [0.4, 0.5) is 28.9 Å². The maximum atomic E-state index is 14.1. The third-order valence-corrected chi connectivity index (χ3v) is 5.16. The van der Waals surface area contributed by atoms with Gasteiger partial charge in [0, 0.05) is 29.7 Å². The van der Waals surface area contributed by atoms with Gasteiger partial charge in [0.15, 0.2) is 0 Å². The number of anilines is 2. The van der Waals surface area contributed by atoms with Crippen LogP contribution in [0.2, 0.25) is 0 Å². The van der Waals surface area contributed by atoms with Gasteiger partial charge >= 0.3 is 12.1 Å². The van der Waals surface area contributed by atoms with Crippen LogP contribution in [0.1, 0.15) is 24.1 Å². The highest BCUT2D eigenvalue weighted by Gasteiger charge is 2.54. The van der Waals surface area contributed by atoms with E-state index >= 15 is 0 Å². The largest absolute Gasteiger partial charge is 0.471 e. The number of fused-ring (bicyclic) bond motifs is 1. The van der Waals surface area contributed by atoms with E-state index in [2.05, 4.69) is 10.3 Å². The second-order valence-electron chi connectivity index (χ2n) is 6.88. The fraction of sp³-hybridized carbons (Fsp3) is 0.316. The number of nitrogens with one attached hydrogen (secondary N) is 1. The highest BCUT2D eigenvalue weighted by Crippen LogP contribution is 2.49. The van der Waals surface area contributed by atoms with Crippen molar-refractivity contribution in [2.45, 2.75) is 30.9 Å². The normalized spacial score (nSPS) is 17.2. The summed E-state index contributed by atoms with van der Waals surface area (Å²) >= 11 is 0. The van der Waals surface area contributed by atoms with Gasteiger partial charge < -0.3 is 10.2 Å². The number of carbonyl (C=O) groups excluding carboxylic acids is 2. The average molecular weight is 393 g/mol. The van der Waals surface area contributed by atoms with Gasteiger partial charge in [0.05, 0.1) is 11.1 Å². The van der Waals surface area contributed by atoms with Crippen LogP contribution in [0.3, 0.4) is 0 Å². The predicted octanol–water partition coefficient (Wildman–Crippen LogP) is 3.34. The molecule has 146 valence electrons. The van der Waals surface area contributed by atoms with Gasteiger partial charge in [-0.05, 0) is 43.5 Å². The number of amides is 2. The first-order valence-corrected chi connectivity index (χ1v) is 8.67. The van der Waals surface area contributed by atoms with E-state index in [1.54, 1.807) is 6.07 Å². The molecular weight excluding hydrogens is 378 g/mol. The summed E-state index contributed by atoms with van der Waals surface area (Å²) in [5.74, 6) is -2.97. The van der Waals surface area contributed by atoms with Crippen LogP contribution < -0.4 is 10.2 Å². The Hall–Kier alpha value is -2.97. The molecule has 0 spiro atoms. The molecule has 4 rings (SSSR count). The van der Waals surface area contributed by atoms with E-state index in [1.165, 1.54) is 30.5 Å². The molecule has 1 aromatic carbocycles. The van der Waals surface area contributed by atoms with E-state index in [4.69, 9.17) is 0 Å². The highest BCUT2D eigenvalue weighted by molar-refractivity contribution is 6.04. The molecule has 1 saturated carbocycles. The Labute approximate surface area is 157 Å². The maximum absolute atomic E-state index is 14.1. The minimum atomic E-state index is -4.98. The number of carbonyl (C=O) groups is 2. The molecular formula is C19H15F4N3O2. The molecule has 2 aromatic rings. The number of alkyl halides is 3. The molecule has 5 nitrogen and oxygen atoms in total. The van der Waals surface area contributed by atoms with Crippen molar-refractivity contribution in [3.8, 4) is 0 Å². The summed E-state index contributed by atoms with van der Waals surface area (Å²) in [6, 6.07) is 7.10. The zero-order chi connectivity index (χ0) is 20.1. The Balaban J connectivity index is 1.61. The Morgan fingerprint density at radius 3 is 2.54 bits per heavy atom. The summed E-state index contributed by atoms with van der Waals surface area (Å²) < 4.78 is 52.5. The lowest BCUT2D eigenvalue weighted by Gasteiger charge is -2.20. The van der Waals surface area contributed by atoms with Gasteiger partial charge in [-0.2, -0.15) is 13.2 Å². The van der Waals surface area contributed by atoms with Crippen molar-refractivity contribution in [1.29, 1.82) is 0 Å². The van der Waals surface area contributed by atoms with E-state index in [0.29, 0.717) is 29.0 Å². The Bertz CT molecular complexity index is 970. The standard InChI is InChI=1S/C19H15F4N3O2/c20-12-3-2-9-24-15(12)18(7-8-18)16(27)25-13-4-1-5-14-11(13)6-10-26(14)17(28)19(21,22)23/h1-5,9H,6-8,10H2,(H,25,27). The number of nitrogens with zero attached hydrogens (tertiary/aromatic N) is 2. The van der Waals surface area contributed by atoms with Crippen molar-refractivity contribution in [2.75, 3.05) is 16.8 Å². The molecule has 2 amide bonds. The van der Waals surface area contributed by atoms with Gasteiger partial charge in [-0.3, -0.25) is 14.6 Å². The molecule has 1 aliphatic heterocycles. The van der Waals surface area contributed by atoms with Gasteiger partial charge in [0.25, 0.3) is 0 Å². The topological polar surface area (TPSA) is 62.3 Å².